The highest BCUT2D eigenvalue weighted by molar-refractivity contribution is 5.93. The lowest BCUT2D eigenvalue weighted by Crippen LogP contribution is -2.54. The van der Waals surface area contributed by atoms with Crippen LogP contribution < -0.4 is 15.4 Å². The van der Waals surface area contributed by atoms with Gasteiger partial charge < -0.3 is 20.5 Å². The van der Waals surface area contributed by atoms with Crippen molar-refractivity contribution in [1.82, 2.24) is 5.32 Å². The molecule has 0 heterocycles. The van der Waals surface area contributed by atoms with E-state index in [0.29, 0.717) is 24.3 Å². The van der Waals surface area contributed by atoms with Crippen LogP contribution in [0.3, 0.4) is 0 Å². The Morgan fingerprint density at radius 2 is 1.75 bits per heavy atom. The van der Waals surface area contributed by atoms with Gasteiger partial charge in [0.2, 0.25) is 0 Å². The maximum absolute atomic E-state index is 11.9. The topological polar surface area (TPSA) is 87.7 Å². The van der Waals surface area contributed by atoms with E-state index in [1.807, 2.05) is 0 Å². The maximum atomic E-state index is 11.9. The van der Waals surface area contributed by atoms with Crippen molar-refractivity contribution in [1.29, 1.82) is 0 Å². The van der Waals surface area contributed by atoms with Gasteiger partial charge in [0.1, 0.15) is 11.3 Å². The Kier molecular flexibility index (Phi) is 5.37. The van der Waals surface area contributed by atoms with Crippen molar-refractivity contribution in [2.75, 3.05) is 12.4 Å². The molecule has 0 atom stereocenters. The number of carbonyl (C=O) groups is 2. The normalized spacial score (nSPS) is 10.8. The van der Waals surface area contributed by atoms with E-state index in [9.17, 15) is 14.7 Å². The highest BCUT2D eigenvalue weighted by Crippen LogP contribution is 2.17. The van der Waals surface area contributed by atoms with Crippen LogP contribution in [0.15, 0.2) is 24.3 Å². The SMILES string of the molecule is CCC(CC)(NC(=O)Nc1ccc(OC)cc1)C(=O)O. The van der Waals surface area contributed by atoms with E-state index < -0.39 is 17.5 Å². The van der Waals surface area contributed by atoms with Crippen molar-refractivity contribution in [3.05, 3.63) is 24.3 Å². The Bertz CT molecular complexity index is 467. The summed E-state index contributed by atoms with van der Waals surface area (Å²) in [6, 6.07) is 6.23. The van der Waals surface area contributed by atoms with Gasteiger partial charge in [0, 0.05) is 5.69 Å². The van der Waals surface area contributed by atoms with Gasteiger partial charge in [-0.1, -0.05) is 13.8 Å². The summed E-state index contributed by atoms with van der Waals surface area (Å²) >= 11 is 0. The number of aliphatic carboxylic acids is 1. The molecule has 0 radical (unpaired) electrons. The summed E-state index contributed by atoms with van der Waals surface area (Å²) in [6.45, 7) is 3.45. The highest BCUT2D eigenvalue weighted by atomic mass is 16.5. The van der Waals surface area contributed by atoms with Gasteiger partial charge in [0.25, 0.3) is 0 Å². The van der Waals surface area contributed by atoms with Gasteiger partial charge in [0.15, 0.2) is 0 Å². The third-order valence-corrected chi connectivity index (χ3v) is 3.32. The van der Waals surface area contributed by atoms with E-state index in [-0.39, 0.29) is 0 Å². The number of rotatable bonds is 6. The van der Waals surface area contributed by atoms with Crippen LogP contribution in [-0.2, 0) is 4.79 Å². The van der Waals surface area contributed by atoms with E-state index >= 15 is 0 Å². The number of carboxylic acids is 1. The van der Waals surface area contributed by atoms with E-state index in [1.165, 1.54) is 0 Å². The second-order valence-corrected chi connectivity index (χ2v) is 4.40. The van der Waals surface area contributed by atoms with E-state index in [1.54, 1.807) is 45.2 Å². The molecule has 0 bridgehead atoms. The van der Waals surface area contributed by atoms with Crippen LogP contribution in [0.2, 0.25) is 0 Å². The molecule has 3 N–H and O–H groups in total. The standard InChI is InChI=1S/C14H20N2O4/c1-4-14(5-2,12(17)18)16-13(19)15-10-6-8-11(20-3)9-7-10/h6-9H,4-5H2,1-3H3,(H,17,18)(H2,15,16,19). The number of carboxylic acid groups (broad SMARTS) is 1. The molecule has 6 nitrogen and oxygen atoms in total. The highest BCUT2D eigenvalue weighted by Gasteiger charge is 2.36. The predicted octanol–water partition coefficient (Wildman–Crippen LogP) is 2.46. The number of carbonyl (C=O) groups excluding carboxylic acids is 1. The second kappa shape index (κ2) is 6.79. The third kappa shape index (κ3) is 3.63. The first kappa shape index (κ1) is 15.8. The number of benzene rings is 1. The lowest BCUT2D eigenvalue weighted by molar-refractivity contribution is -0.144. The summed E-state index contributed by atoms with van der Waals surface area (Å²) < 4.78 is 5.01. The fraction of sp³-hybridized carbons (Fsp3) is 0.429. The van der Waals surface area contributed by atoms with Gasteiger partial charge >= 0.3 is 12.0 Å². The fourth-order valence-corrected chi connectivity index (χ4v) is 1.84. The largest absolute Gasteiger partial charge is 0.497 e. The second-order valence-electron chi connectivity index (χ2n) is 4.40. The Morgan fingerprint density at radius 1 is 1.20 bits per heavy atom. The first-order chi connectivity index (χ1) is 9.47. The molecule has 0 aliphatic rings. The summed E-state index contributed by atoms with van der Waals surface area (Å²) in [5.41, 5.74) is -0.675. The van der Waals surface area contributed by atoms with Crippen molar-refractivity contribution in [3.8, 4) is 5.75 Å². The summed E-state index contributed by atoms with van der Waals surface area (Å²) in [5.74, 6) is -0.356. The van der Waals surface area contributed by atoms with Crippen LogP contribution in [0.4, 0.5) is 10.5 Å². The van der Waals surface area contributed by atoms with Gasteiger partial charge in [-0.2, -0.15) is 0 Å². The van der Waals surface area contributed by atoms with Crippen molar-refractivity contribution in [3.63, 3.8) is 0 Å². The van der Waals surface area contributed by atoms with Crippen LogP contribution in [0.25, 0.3) is 0 Å². The van der Waals surface area contributed by atoms with Gasteiger partial charge in [-0.25, -0.2) is 9.59 Å². The van der Waals surface area contributed by atoms with E-state index in [2.05, 4.69) is 10.6 Å². The smallest absolute Gasteiger partial charge is 0.329 e. The minimum Gasteiger partial charge on any atom is -0.497 e. The predicted molar refractivity (Wildman–Crippen MR) is 76.1 cm³/mol. The summed E-state index contributed by atoms with van der Waals surface area (Å²) in [6.07, 6.45) is 0.629. The maximum Gasteiger partial charge on any atom is 0.329 e. The number of urea groups is 1. The zero-order valence-corrected chi connectivity index (χ0v) is 11.9. The lowest BCUT2D eigenvalue weighted by Gasteiger charge is -2.28. The zero-order chi connectivity index (χ0) is 15.2. The molecule has 0 saturated carbocycles. The minimum atomic E-state index is -1.24. The van der Waals surface area contributed by atoms with Crippen molar-refractivity contribution < 1.29 is 19.4 Å². The molecular weight excluding hydrogens is 260 g/mol. The molecule has 20 heavy (non-hydrogen) atoms. The molecule has 1 aromatic carbocycles. The number of hydrogen-bond donors (Lipinski definition) is 3. The number of hydrogen-bond acceptors (Lipinski definition) is 3. The van der Waals surface area contributed by atoms with Crippen molar-refractivity contribution in [2.45, 2.75) is 32.2 Å². The molecule has 1 rings (SSSR count). The average molecular weight is 280 g/mol. The first-order valence-electron chi connectivity index (χ1n) is 6.44. The van der Waals surface area contributed by atoms with Crippen molar-refractivity contribution in [2.24, 2.45) is 0 Å². The molecular formula is C14H20N2O4. The average Bonchev–Trinajstić information content (AvgIpc) is 2.45. The fourth-order valence-electron chi connectivity index (χ4n) is 1.84. The molecule has 0 aromatic heterocycles. The van der Waals surface area contributed by atoms with Crippen LogP contribution in [-0.4, -0.2) is 29.8 Å². The Balaban J connectivity index is 2.72. The molecule has 0 saturated heterocycles. The Hall–Kier alpha value is -2.24. The summed E-state index contributed by atoms with van der Waals surface area (Å²) in [7, 11) is 1.55. The van der Waals surface area contributed by atoms with Gasteiger partial charge in [0.05, 0.1) is 7.11 Å². The molecule has 0 spiro atoms. The molecule has 110 valence electrons. The molecule has 0 aliphatic carbocycles. The molecule has 6 heteroatoms. The zero-order valence-electron chi connectivity index (χ0n) is 11.9. The molecule has 1 aromatic rings. The first-order valence-corrected chi connectivity index (χ1v) is 6.44. The van der Waals surface area contributed by atoms with Gasteiger partial charge in [-0.15, -0.1) is 0 Å². The Labute approximate surface area is 118 Å². The minimum absolute atomic E-state index is 0.314. The van der Waals surface area contributed by atoms with E-state index in [4.69, 9.17) is 4.74 Å². The number of methoxy groups -OCH3 is 1. The lowest BCUT2D eigenvalue weighted by atomic mass is 9.93. The Morgan fingerprint density at radius 3 is 2.15 bits per heavy atom. The van der Waals surface area contributed by atoms with Gasteiger partial charge in [-0.05, 0) is 37.1 Å². The molecule has 2 amide bonds. The van der Waals surface area contributed by atoms with E-state index in [0.717, 1.165) is 0 Å². The van der Waals surface area contributed by atoms with Crippen LogP contribution >= 0.6 is 0 Å². The number of anilines is 1. The number of ether oxygens (including phenoxy) is 1. The molecule has 0 unspecified atom stereocenters. The van der Waals surface area contributed by atoms with Crippen molar-refractivity contribution >= 4 is 17.7 Å². The third-order valence-electron chi connectivity index (χ3n) is 3.32. The van der Waals surface area contributed by atoms with Crippen LogP contribution in [0.5, 0.6) is 5.75 Å². The van der Waals surface area contributed by atoms with Crippen LogP contribution in [0.1, 0.15) is 26.7 Å². The quantitative estimate of drug-likeness (QED) is 0.747. The molecule has 0 aliphatic heterocycles. The monoisotopic (exact) mass is 280 g/mol. The number of amides is 2. The van der Waals surface area contributed by atoms with Gasteiger partial charge in [-0.3, -0.25) is 0 Å². The number of nitrogens with one attached hydrogen (secondary N) is 2. The summed E-state index contributed by atoms with van der Waals surface area (Å²) in [5, 5.41) is 14.4. The molecule has 0 fully saturated rings. The van der Waals surface area contributed by atoms with Crippen LogP contribution in [0, 0.1) is 0 Å². The summed E-state index contributed by atoms with van der Waals surface area (Å²) in [4.78, 5) is 23.2.